The number of nitrogens with one attached hydrogen (secondary N) is 1. The van der Waals surface area contributed by atoms with Gasteiger partial charge in [0.15, 0.2) is 0 Å². The van der Waals surface area contributed by atoms with Crippen LogP contribution in [0.1, 0.15) is 17.5 Å². The zero-order valence-corrected chi connectivity index (χ0v) is 22.3. The van der Waals surface area contributed by atoms with Crippen LogP contribution in [0, 0.1) is 0 Å². The number of nitrogens with two attached hydrogens (primary N) is 1. The fourth-order valence-corrected chi connectivity index (χ4v) is 5.29. The molecule has 0 saturated carbocycles. The lowest BCUT2D eigenvalue weighted by molar-refractivity contribution is -0.196. The quantitative estimate of drug-likeness (QED) is 0.336. The van der Waals surface area contributed by atoms with Crippen LogP contribution in [-0.4, -0.2) is 60.2 Å². The summed E-state index contributed by atoms with van der Waals surface area (Å²) in [6.45, 7) is 1.03. The van der Waals surface area contributed by atoms with Gasteiger partial charge in [0.05, 0.1) is 25.9 Å². The third kappa shape index (κ3) is 7.45. The summed E-state index contributed by atoms with van der Waals surface area (Å²) in [5.74, 6) is -0.209. The molecule has 0 aromatic heterocycles. The van der Waals surface area contributed by atoms with Gasteiger partial charge in [-0.1, -0.05) is 60.1 Å². The minimum atomic E-state index is -1.02. The van der Waals surface area contributed by atoms with Gasteiger partial charge in [-0.15, -0.1) is 11.8 Å². The van der Waals surface area contributed by atoms with Crippen LogP contribution in [0.2, 0.25) is 5.02 Å². The maximum absolute atomic E-state index is 12.5. The van der Waals surface area contributed by atoms with Gasteiger partial charge in [0.1, 0.15) is 23.7 Å². The van der Waals surface area contributed by atoms with Crippen molar-refractivity contribution < 1.29 is 24.1 Å². The molecule has 4 N–H and O–H groups in total. The normalized spacial score (nSPS) is 23.7. The van der Waals surface area contributed by atoms with Crippen molar-refractivity contribution in [3.05, 3.63) is 82.9 Å². The molecular formula is C28H33ClN2O5S. The topological polar surface area (TPSA) is 103 Å². The van der Waals surface area contributed by atoms with Crippen LogP contribution in [0.5, 0.6) is 0 Å². The summed E-state index contributed by atoms with van der Waals surface area (Å²) in [6, 6.07) is 21.1. The number of halogens is 1. The molecule has 1 aliphatic heterocycles. The van der Waals surface area contributed by atoms with E-state index in [0.717, 1.165) is 21.9 Å². The molecule has 7 nitrogen and oxygen atoms in total. The minimum absolute atomic E-state index is 0.167. The van der Waals surface area contributed by atoms with Crippen LogP contribution in [0.3, 0.4) is 0 Å². The molecule has 0 radical (unpaired) electrons. The highest BCUT2D eigenvalue weighted by Crippen LogP contribution is 2.30. The third-order valence-corrected chi connectivity index (χ3v) is 7.45. The predicted octanol–water partition coefficient (Wildman–Crippen LogP) is 3.88. The zero-order chi connectivity index (χ0) is 26.2. The number of fused-ring (bicyclic) bond motifs is 1. The first-order valence-corrected chi connectivity index (χ1v) is 13.9. The maximum Gasteiger partial charge on any atom is 0.221 e. The van der Waals surface area contributed by atoms with Gasteiger partial charge in [-0.3, -0.25) is 4.79 Å². The average Bonchev–Trinajstić information content (AvgIpc) is 2.90. The molecule has 1 heterocycles. The van der Waals surface area contributed by atoms with Gasteiger partial charge in [0, 0.05) is 18.0 Å². The molecule has 9 heteroatoms. The summed E-state index contributed by atoms with van der Waals surface area (Å²) in [4.78, 5) is 12.5. The second-order valence-electron chi connectivity index (χ2n) is 9.00. The number of carbonyl (C=O) groups is 1. The number of hydrogen-bond donors (Lipinski definition) is 3. The number of ether oxygens (including phenoxy) is 3. The van der Waals surface area contributed by atoms with E-state index in [1.807, 2.05) is 42.7 Å². The fraction of sp³-hybridized carbons (Fsp3) is 0.393. The SMILES string of the molecule is CS[C@@H]1O[C@H](COCc2ccc(Cl)cc2)[C@@H](O)[C@@H](OCc2ccc3ccccc3c2)[C@H]1NC(=O)CCN. The molecule has 1 saturated heterocycles. The molecule has 1 amide bonds. The van der Waals surface area contributed by atoms with Gasteiger partial charge >= 0.3 is 0 Å². The lowest BCUT2D eigenvalue weighted by Crippen LogP contribution is -2.64. The van der Waals surface area contributed by atoms with Crippen LogP contribution < -0.4 is 11.1 Å². The highest BCUT2D eigenvalue weighted by atomic mass is 35.5. The van der Waals surface area contributed by atoms with Crippen molar-refractivity contribution in [1.82, 2.24) is 5.32 Å². The van der Waals surface area contributed by atoms with E-state index in [0.29, 0.717) is 11.6 Å². The van der Waals surface area contributed by atoms with Gasteiger partial charge in [0.2, 0.25) is 5.91 Å². The minimum Gasteiger partial charge on any atom is -0.388 e. The number of amides is 1. The third-order valence-electron chi connectivity index (χ3n) is 6.33. The van der Waals surface area contributed by atoms with E-state index >= 15 is 0 Å². The van der Waals surface area contributed by atoms with E-state index < -0.39 is 29.8 Å². The number of rotatable bonds is 11. The van der Waals surface area contributed by atoms with Crippen LogP contribution >= 0.6 is 23.4 Å². The number of aliphatic hydroxyl groups excluding tert-OH is 1. The predicted molar refractivity (Wildman–Crippen MR) is 147 cm³/mol. The molecule has 0 bridgehead atoms. The second-order valence-corrected chi connectivity index (χ2v) is 10.4. The van der Waals surface area contributed by atoms with Crippen LogP contribution in [0.15, 0.2) is 66.7 Å². The van der Waals surface area contributed by atoms with Gasteiger partial charge in [-0.05, 0) is 46.4 Å². The molecule has 37 heavy (non-hydrogen) atoms. The summed E-state index contributed by atoms with van der Waals surface area (Å²) in [7, 11) is 0. The van der Waals surface area contributed by atoms with Crippen molar-refractivity contribution >= 4 is 40.0 Å². The Morgan fingerprint density at radius 1 is 1.08 bits per heavy atom. The molecular weight excluding hydrogens is 512 g/mol. The van der Waals surface area contributed by atoms with E-state index in [2.05, 4.69) is 23.5 Å². The van der Waals surface area contributed by atoms with Gasteiger partial charge < -0.3 is 30.4 Å². The number of thioether (sulfide) groups is 1. The zero-order valence-electron chi connectivity index (χ0n) is 20.7. The van der Waals surface area contributed by atoms with Crippen molar-refractivity contribution in [1.29, 1.82) is 0 Å². The Morgan fingerprint density at radius 3 is 2.54 bits per heavy atom. The summed E-state index contributed by atoms with van der Waals surface area (Å²) < 4.78 is 18.4. The van der Waals surface area contributed by atoms with Gasteiger partial charge in [-0.2, -0.15) is 0 Å². The molecule has 1 fully saturated rings. The smallest absolute Gasteiger partial charge is 0.221 e. The Balaban J connectivity index is 1.47. The first kappa shape index (κ1) is 27.9. The highest BCUT2D eigenvalue weighted by Gasteiger charge is 2.46. The summed E-state index contributed by atoms with van der Waals surface area (Å²) in [6.07, 6.45) is -0.273. The largest absolute Gasteiger partial charge is 0.388 e. The Morgan fingerprint density at radius 2 is 1.81 bits per heavy atom. The van der Waals surface area contributed by atoms with Crippen LogP contribution in [-0.2, 0) is 32.2 Å². The lowest BCUT2D eigenvalue weighted by Gasteiger charge is -2.44. The molecule has 1 aliphatic rings. The molecule has 3 aromatic carbocycles. The van der Waals surface area contributed by atoms with E-state index in [4.69, 9.17) is 31.5 Å². The van der Waals surface area contributed by atoms with Gasteiger partial charge in [-0.25, -0.2) is 0 Å². The molecule has 4 rings (SSSR count). The van der Waals surface area contributed by atoms with E-state index in [-0.39, 0.29) is 32.1 Å². The summed E-state index contributed by atoms with van der Waals surface area (Å²) >= 11 is 7.41. The fourth-order valence-electron chi connectivity index (χ4n) is 4.39. The first-order valence-electron chi connectivity index (χ1n) is 12.3. The van der Waals surface area contributed by atoms with E-state index in [1.54, 1.807) is 12.1 Å². The Bertz CT molecular complexity index is 1160. The Hall–Kier alpha value is -2.17. The van der Waals surface area contributed by atoms with Gasteiger partial charge in [0.25, 0.3) is 0 Å². The highest BCUT2D eigenvalue weighted by molar-refractivity contribution is 7.99. The second kappa shape index (κ2) is 13.6. The number of carbonyl (C=O) groups excluding carboxylic acids is 1. The Kier molecular flexibility index (Phi) is 10.2. The van der Waals surface area contributed by atoms with Crippen molar-refractivity contribution in [2.75, 3.05) is 19.4 Å². The standard InChI is InChI=1S/C28H33ClN2O5S/c1-37-28-25(31-24(32)12-13-30)27(35-16-19-6-9-20-4-2-3-5-21(20)14-19)26(33)23(36-28)17-34-15-18-7-10-22(29)11-8-18/h2-11,14,23,25-28,33H,12-13,15-17,30H2,1H3,(H,31,32)/t23-,25-,26-,27+,28+/m1/s1. The van der Waals surface area contributed by atoms with Crippen LogP contribution in [0.25, 0.3) is 10.8 Å². The molecule has 0 aliphatic carbocycles. The molecule has 0 spiro atoms. The molecule has 5 atom stereocenters. The van der Waals surface area contributed by atoms with Crippen molar-refractivity contribution in [2.45, 2.75) is 49.4 Å². The average molecular weight is 545 g/mol. The summed E-state index contributed by atoms with van der Waals surface area (Å²) in [5.41, 5.74) is 7.08. The molecule has 3 aromatic rings. The first-order chi connectivity index (χ1) is 18.0. The molecule has 198 valence electrons. The lowest BCUT2D eigenvalue weighted by atomic mass is 9.97. The monoisotopic (exact) mass is 544 g/mol. The number of aliphatic hydroxyl groups is 1. The van der Waals surface area contributed by atoms with Crippen molar-refractivity contribution in [3.63, 3.8) is 0 Å². The van der Waals surface area contributed by atoms with E-state index in [9.17, 15) is 9.90 Å². The van der Waals surface area contributed by atoms with Crippen molar-refractivity contribution in [3.8, 4) is 0 Å². The van der Waals surface area contributed by atoms with Crippen molar-refractivity contribution in [2.24, 2.45) is 5.73 Å². The summed E-state index contributed by atoms with van der Waals surface area (Å²) in [5, 5.41) is 17.2. The molecule has 0 unspecified atom stereocenters. The van der Waals surface area contributed by atoms with Crippen LogP contribution in [0.4, 0.5) is 0 Å². The number of benzene rings is 3. The Labute approximate surface area is 226 Å². The van der Waals surface area contributed by atoms with E-state index in [1.165, 1.54) is 11.8 Å². The number of hydrogen-bond acceptors (Lipinski definition) is 7. The maximum atomic E-state index is 12.5.